The minimum absolute atomic E-state index is 0.0114. The molecule has 1 atom stereocenters. The van der Waals surface area contributed by atoms with Crippen LogP contribution in [0.25, 0.3) is 0 Å². The molecule has 104 valence electrons. The third-order valence-electron chi connectivity index (χ3n) is 3.26. The number of nitrogens with one attached hydrogen (secondary N) is 1. The van der Waals surface area contributed by atoms with Gasteiger partial charge in [0.15, 0.2) is 0 Å². The summed E-state index contributed by atoms with van der Waals surface area (Å²) in [5.74, 6) is 1.73. The fourth-order valence-corrected chi connectivity index (χ4v) is 2.79. The molecule has 0 spiro atoms. The van der Waals surface area contributed by atoms with Gasteiger partial charge in [0.2, 0.25) is 5.91 Å². The van der Waals surface area contributed by atoms with Gasteiger partial charge < -0.3 is 10.4 Å². The van der Waals surface area contributed by atoms with Gasteiger partial charge in [-0.3, -0.25) is 4.79 Å². The molecule has 3 nitrogen and oxygen atoms in total. The number of hydrogen-bond acceptors (Lipinski definition) is 3. The van der Waals surface area contributed by atoms with Gasteiger partial charge in [0.25, 0.3) is 0 Å². The van der Waals surface area contributed by atoms with E-state index in [1.807, 2.05) is 6.07 Å². The molecule has 2 rings (SSSR count). The molecular weight excluding hydrogens is 258 g/mol. The first-order chi connectivity index (χ1) is 9.15. The summed E-state index contributed by atoms with van der Waals surface area (Å²) in [6.45, 7) is 2.47. The van der Waals surface area contributed by atoms with Crippen molar-refractivity contribution in [2.45, 2.75) is 31.6 Å². The minimum Gasteiger partial charge on any atom is -0.391 e. The van der Waals surface area contributed by atoms with Gasteiger partial charge in [-0.2, -0.15) is 0 Å². The molecule has 0 heterocycles. The van der Waals surface area contributed by atoms with Crippen molar-refractivity contribution in [2.75, 3.05) is 12.3 Å². The van der Waals surface area contributed by atoms with E-state index in [2.05, 4.69) is 30.4 Å². The minimum atomic E-state index is -0.356. The van der Waals surface area contributed by atoms with E-state index in [0.29, 0.717) is 18.2 Å². The van der Waals surface area contributed by atoms with Gasteiger partial charge in [-0.05, 0) is 31.2 Å². The zero-order valence-electron chi connectivity index (χ0n) is 11.3. The summed E-state index contributed by atoms with van der Waals surface area (Å²) >= 11 is 1.61. The van der Waals surface area contributed by atoms with Gasteiger partial charge in [0, 0.05) is 12.3 Å². The second-order valence-electron chi connectivity index (χ2n) is 5.19. The molecule has 1 aliphatic carbocycles. The lowest BCUT2D eigenvalue weighted by atomic mass is 10.2. The van der Waals surface area contributed by atoms with Crippen molar-refractivity contribution < 1.29 is 9.90 Å². The van der Waals surface area contributed by atoms with E-state index in [-0.39, 0.29) is 12.0 Å². The Hall–Kier alpha value is -1.00. The highest BCUT2D eigenvalue weighted by molar-refractivity contribution is 7.99. The average molecular weight is 279 g/mol. The van der Waals surface area contributed by atoms with Crippen molar-refractivity contribution in [3.63, 3.8) is 0 Å². The van der Waals surface area contributed by atoms with Crippen LogP contribution in [0.15, 0.2) is 24.3 Å². The summed E-state index contributed by atoms with van der Waals surface area (Å²) in [7, 11) is 0. The Morgan fingerprint density at radius 3 is 3.00 bits per heavy atom. The largest absolute Gasteiger partial charge is 0.391 e. The van der Waals surface area contributed by atoms with E-state index in [1.54, 1.807) is 11.8 Å². The third-order valence-corrected chi connectivity index (χ3v) is 4.26. The molecule has 19 heavy (non-hydrogen) atoms. The fraction of sp³-hybridized carbons (Fsp3) is 0.533. The molecule has 1 aliphatic rings. The Balaban J connectivity index is 1.60. The van der Waals surface area contributed by atoms with Gasteiger partial charge >= 0.3 is 0 Å². The predicted molar refractivity (Wildman–Crippen MR) is 79.1 cm³/mol. The first-order valence-corrected chi connectivity index (χ1v) is 7.88. The second kappa shape index (κ2) is 6.96. The zero-order chi connectivity index (χ0) is 13.7. The summed E-state index contributed by atoms with van der Waals surface area (Å²) in [6, 6.07) is 8.33. The Bertz CT molecular complexity index is 432. The van der Waals surface area contributed by atoms with Crippen LogP contribution >= 0.6 is 11.8 Å². The van der Waals surface area contributed by atoms with Crippen LogP contribution in [0.1, 0.15) is 24.0 Å². The van der Waals surface area contributed by atoms with E-state index >= 15 is 0 Å². The number of aryl methyl sites for hydroxylation is 1. The maximum Gasteiger partial charge on any atom is 0.230 e. The van der Waals surface area contributed by atoms with Gasteiger partial charge in [0.05, 0.1) is 11.9 Å². The molecule has 1 aromatic carbocycles. The van der Waals surface area contributed by atoms with Crippen LogP contribution < -0.4 is 5.32 Å². The van der Waals surface area contributed by atoms with Gasteiger partial charge in [-0.25, -0.2) is 0 Å². The van der Waals surface area contributed by atoms with Crippen molar-refractivity contribution in [2.24, 2.45) is 5.92 Å². The molecule has 2 N–H and O–H groups in total. The quantitative estimate of drug-likeness (QED) is 0.804. The lowest BCUT2D eigenvalue weighted by Crippen LogP contribution is -2.34. The lowest BCUT2D eigenvalue weighted by Gasteiger charge is -2.10. The van der Waals surface area contributed by atoms with Crippen molar-refractivity contribution in [3.8, 4) is 0 Å². The molecule has 0 radical (unpaired) electrons. The number of carbonyl (C=O) groups excluding carboxylic acids is 1. The first kappa shape index (κ1) is 14.4. The normalized spacial score (nSPS) is 16.1. The number of thioether (sulfide) groups is 1. The van der Waals surface area contributed by atoms with Crippen LogP contribution in [0.4, 0.5) is 0 Å². The molecule has 1 saturated carbocycles. The average Bonchev–Trinajstić information content (AvgIpc) is 3.20. The number of amides is 1. The number of aliphatic hydroxyl groups excluding tert-OH is 1. The van der Waals surface area contributed by atoms with E-state index in [4.69, 9.17) is 0 Å². The van der Waals surface area contributed by atoms with Crippen molar-refractivity contribution in [3.05, 3.63) is 35.4 Å². The monoisotopic (exact) mass is 279 g/mol. The number of benzene rings is 1. The summed E-state index contributed by atoms with van der Waals surface area (Å²) in [4.78, 5) is 11.6. The van der Waals surface area contributed by atoms with E-state index in [0.717, 1.165) is 18.6 Å². The SMILES string of the molecule is Cc1cccc(CSCC(=O)NCC(O)C2CC2)c1. The number of hydrogen-bond donors (Lipinski definition) is 2. The molecule has 1 unspecified atom stereocenters. The number of rotatable bonds is 7. The van der Waals surface area contributed by atoms with E-state index in [1.165, 1.54) is 11.1 Å². The Morgan fingerprint density at radius 2 is 2.32 bits per heavy atom. The lowest BCUT2D eigenvalue weighted by molar-refractivity contribution is -0.119. The van der Waals surface area contributed by atoms with Crippen LogP contribution in [-0.2, 0) is 10.5 Å². The molecule has 0 saturated heterocycles. The van der Waals surface area contributed by atoms with Crippen LogP contribution in [0, 0.1) is 12.8 Å². The molecule has 0 aliphatic heterocycles. The van der Waals surface area contributed by atoms with Crippen LogP contribution in [0.3, 0.4) is 0 Å². The summed E-state index contributed by atoms with van der Waals surface area (Å²) in [5.41, 5.74) is 2.49. The molecular formula is C15H21NO2S. The standard InChI is InChI=1S/C15H21NO2S/c1-11-3-2-4-12(7-11)9-19-10-15(18)16-8-14(17)13-5-6-13/h2-4,7,13-14,17H,5-6,8-10H2,1H3,(H,16,18). The van der Waals surface area contributed by atoms with E-state index < -0.39 is 0 Å². The Morgan fingerprint density at radius 1 is 1.53 bits per heavy atom. The first-order valence-electron chi connectivity index (χ1n) is 6.73. The number of carbonyl (C=O) groups is 1. The highest BCUT2D eigenvalue weighted by atomic mass is 32.2. The summed E-state index contributed by atoms with van der Waals surface area (Å²) < 4.78 is 0. The van der Waals surface area contributed by atoms with Crippen molar-refractivity contribution in [1.29, 1.82) is 0 Å². The maximum atomic E-state index is 11.6. The fourth-order valence-electron chi connectivity index (χ4n) is 1.98. The van der Waals surface area contributed by atoms with Crippen molar-refractivity contribution in [1.82, 2.24) is 5.32 Å². The smallest absolute Gasteiger partial charge is 0.230 e. The highest BCUT2D eigenvalue weighted by Crippen LogP contribution is 2.32. The topological polar surface area (TPSA) is 49.3 Å². The summed E-state index contributed by atoms with van der Waals surface area (Å²) in [6.07, 6.45) is 1.84. The van der Waals surface area contributed by atoms with Crippen molar-refractivity contribution >= 4 is 17.7 Å². The Labute approximate surface area is 118 Å². The molecule has 0 aromatic heterocycles. The van der Waals surface area contributed by atoms with Crippen LogP contribution in [-0.4, -0.2) is 29.4 Å². The molecule has 1 amide bonds. The number of aliphatic hydroxyl groups is 1. The Kier molecular flexibility index (Phi) is 5.28. The molecule has 1 aromatic rings. The third kappa shape index (κ3) is 5.25. The maximum absolute atomic E-state index is 11.6. The zero-order valence-corrected chi connectivity index (χ0v) is 12.1. The molecule has 4 heteroatoms. The van der Waals surface area contributed by atoms with Crippen LogP contribution in [0.5, 0.6) is 0 Å². The predicted octanol–water partition coefficient (Wildman–Crippen LogP) is 2.12. The summed E-state index contributed by atoms with van der Waals surface area (Å²) in [5, 5.41) is 12.4. The molecule has 1 fully saturated rings. The highest BCUT2D eigenvalue weighted by Gasteiger charge is 2.29. The van der Waals surface area contributed by atoms with Gasteiger partial charge in [-0.1, -0.05) is 29.8 Å². The van der Waals surface area contributed by atoms with Gasteiger partial charge in [0.1, 0.15) is 0 Å². The second-order valence-corrected chi connectivity index (χ2v) is 6.18. The van der Waals surface area contributed by atoms with Gasteiger partial charge in [-0.15, -0.1) is 11.8 Å². The van der Waals surface area contributed by atoms with Crippen LogP contribution in [0.2, 0.25) is 0 Å². The van der Waals surface area contributed by atoms with E-state index in [9.17, 15) is 9.90 Å². The molecule has 0 bridgehead atoms.